The molecule has 0 saturated carbocycles. The number of hydrogen-bond acceptors (Lipinski definition) is 8. The molecule has 1 rings (SSSR count). The van der Waals surface area contributed by atoms with Crippen molar-refractivity contribution < 1.29 is 39.8 Å². The van der Waals surface area contributed by atoms with Crippen LogP contribution < -0.4 is 5.32 Å². The van der Waals surface area contributed by atoms with Gasteiger partial charge in [0.1, 0.15) is 24.4 Å². The van der Waals surface area contributed by atoms with E-state index in [2.05, 4.69) is 24.4 Å². The summed E-state index contributed by atoms with van der Waals surface area (Å²) in [6.07, 6.45) is 14.5. The molecule has 1 aliphatic heterocycles. The molecule has 0 bridgehead atoms. The zero-order valence-electron chi connectivity index (χ0n) is 24.1. The SMILES string of the molecule is CCCCCCCCC/C=C/CC/C=C/C(O)C(COC1OC(CO)C(O)C(O)C1O)NC(=O)CCCCC. The van der Waals surface area contributed by atoms with Gasteiger partial charge in [-0.3, -0.25) is 4.79 Å². The van der Waals surface area contributed by atoms with Crippen LogP contribution in [0.15, 0.2) is 24.3 Å². The normalized spacial score (nSPS) is 25.4. The van der Waals surface area contributed by atoms with Crippen LogP contribution >= 0.6 is 0 Å². The Kier molecular flexibility index (Phi) is 20.5. The monoisotopic (exact) mass is 557 g/mol. The Bertz CT molecular complexity index is 671. The van der Waals surface area contributed by atoms with Crippen LogP contribution in [0.3, 0.4) is 0 Å². The number of carbonyl (C=O) groups is 1. The van der Waals surface area contributed by atoms with Crippen LogP contribution in [0.4, 0.5) is 0 Å². The van der Waals surface area contributed by atoms with Gasteiger partial charge in [0.2, 0.25) is 5.91 Å². The second kappa shape index (κ2) is 22.4. The standard InChI is InChI=1S/C30H55NO8/c1-3-5-7-8-9-10-11-12-13-14-15-16-18-19-24(33)23(31-26(34)20-17-6-4-2)22-38-30-29(37)28(36)27(35)25(21-32)39-30/h13-14,18-19,23-25,27-30,32-33,35-37H,3-12,15-17,20-22H2,1-2H3,(H,31,34)/b14-13+,19-18+. The third-order valence-corrected chi connectivity index (χ3v) is 7.03. The molecule has 7 unspecified atom stereocenters. The first-order valence-corrected chi connectivity index (χ1v) is 15.1. The number of amides is 1. The zero-order chi connectivity index (χ0) is 28.9. The number of aliphatic hydroxyl groups is 5. The van der Waals surface area contributed by atoms with Gasteiger partial charge < -0.3 is 40.3 Å². The van der Waals surface area contributed by atoms with Crippen molar-refractivity contribution in [2.24, 2.45) is 0 Å². The van der Waals surface area contributed by atoms with Crippen molar-refractivity contribution in [1.82, 2.24) is 5.32 Å². The Labute approximate surface area is 235 Å². The van der Waals surface area contributed by atoms with Crippen molar-refractivity contribution >= 4 is 5.91 Å². The van der Waals surface area contributed by atoms with E-state index in [9.17, 15) is 30.3 Å². The lowest BCUT2D eigenvalue weighted by atomic mass is 9.99. The molecule has 0 aromatic carbocycles. The molecule has 9 heteroatoms. The molecule has 1 fully saturated rings. The molecule has 1 heterocycles. The van der Waals surface area contributed by atoms with Gasteiger partial charge in [0.25, 0.3) is 0 Å². The molecular formula is C30H55NO8. The highest BCUT2D eigenvalue weighted by molar-refractivity contribution is 5.76. The van der Waals surface area contributed by atoms with E-state index < -0.39 is 49.5 Å². The van der Waals surface area contributed by atoms with Gasteiger partial charge in [-0.05, 0) is 32.1 Å². The van der Waals surface area contributed by atoms with Crippen LogP contribution in [0.25, 0.3) is 0 Å². The molecule has 0 aromatic rings. The second-order valence-corrected chi connectivity index (χ2v) is 10.5. The van der Waals surface area contributed by atoms with E-state index in [1.165, 1.54) is 44.9 Å². The van der Waals surface area contributed by atoms with E-state index in [1.54, 1.807) is 6.08 Å². The summed E-state index contributed by atoms with van der Waals surface area (Å²) in [5.74, 6) is -0.216. The minimum Gasteiger partial charge on any atom is -0.394 e. The van der Waals surface area contributed by atoms with Gasteiger partial charge >= 0.3 is 0 Å². The van der Waals surface area contributed by atoms with E-state index >= 15 is 0 Å². The predicted octanol–water partition coefficient (Wildman–Crippen LogP) is 3.26. The van der Waals surface area contributed by atoms with Crippen LogP contribution in [0.1, 0.15) is 104 Å². The molecule has 39 heavy (non-hydrogen) atoms. The topological polar surface area (TPSA) is 149 Å². The highest BCUT2D eigenvalue weighted by Gasteiger charge is 2.44. The van der Waals surface area contributed by atoms with E-state index in [1.807, 2.05) is 13.0 Å². The zero-order valence-corrected chi connectivity index (χ0v) is 24.1. The van der Waals surface area contributed by atoms with Crippen molar-refractivity contribution in [3.05, 3.63) is 24.3 Å². The predicted molar refractivity (Wildman–Crippen MR) is 152 cm³/mol. The third-order valence-electron chi connectivity index (χ3n) is 7.03. The summed E-state index contributed by atoms with van der Waals surface area (Å²) in [6, 6.07) is -0.810. The number of ether oxygens (including phenoxy) is 2. The number of unbranched alkanes of at least 4 members (excludes halogenated alkanes) is 10. The van der Waals surface area contributed by atoms with Gasteiger partial charge in [0.05, 0.1) is 25.4 Å². The van der Waals surface area contributed by atoms with Gasteiger partial charge in [-0.2, -0.15) is 0 Å². The molecule has 0 spiro atoms. The quantitative estimate of drug-likeness (QED) is 0.0878. The van der Waals surface area contributed by atoms with E-state index in [0.717, 1.165) is 38.5 Å². The Morgan fingerprint density at radius 2 is 1.46 bits per heavy atom. The van der Waals surface area contributed by atoms with Crippen molar-refractivity contribution in [1.29, 1.82) is 0 Å². The largest absolute Gasteiger partial charge is 0.394 e. The molecule has 228 valence electrons. The minimum atomic E-state index is -1.56. The molecule has 1 aliphatic rings. The number of hydrogen-bond donors (Lipinski definition) is 6. The Hall–Kier alpha value is -1.33. The van der Waals surface area contributed by atoms with Crippen molar-refractivity contribution in [2.75, 3.05) is 13.2 Å². The first kappa shape index (κ1) is 35.7. The minimum absolute atomic E-state index is 0.202. The first-order valence-electron chi connectivity index (χ1n) is 15.1. The highest BCUT2D eigenvalue weighted by Crippen LogP contribution is 2.22. The molecule has 1 amide bonds. The average molecular weight is 558 g/mol. The van der Waals surface area contributed by atoms with Crippen LogP contribution in [0.5, 0.6) is 0 Å². The van der Waals surface area contributed by atoms with Crippen molar-refractivity contribution in [3.63, 3.8) is 0 Å². The smallest absolute Gasteiger partial charge is 0.220 e. The van der Waals surface area contributed by atoms with Crippen LogP contribution in [-0.2, 0) is 14.3 Å². The van der Waals surface area contributed by atoms with Gasteiger partial charge in [-0.1, -0.05) is 89.5 Å². The van der Waals surface area contributed by atoms with Crippen LogP contribution in [0.2, 0.25) is 0 Å². The lowest BCUT2D eigenvalue weighted by molar-refractivity contribution is -0.302. The van der Waals surface area contributed by atoms with Gasteiger partial charge in [-0.25, -0.2) is 0 Å². The molecule has 0 aromatic heterocycles. The first-order chi connectivity index (χ1) is 18.8. The van der Waals surface area contributed by atoms with Crippen LogP contribution in [-0.4, -0.2) is 87.5 Å². The summed E-state index contributed by atoms with van der Waals surface area (Å²) in [7, 11) is 0. The third kappa shape index (κ3) is 15.3. The fourth-order valence-electron chi connectivity index (χ4n) is 4.46. The van der Waals surface area contributed by atoms with E-state index in [0.29, 0.717) is 6.42 Å². The second-order valence-electron chi connectivity index (χ2n) is 10.5. The molecular weight excluding hydrogens is 502 g/mol. The molecule has 0 aliphatic carbocycles. The highest BCUT2D eigenvalue weighted by atomic mass is 16.7. The maximum Gasteiger partial charge on any atom is 0.220 e. The molecule has 0 radical (unpaired) electrons. The number of allylic oxidation sites excluding steroid dienone is 3. The molecule has 9 nitrogen and oxygen atoms in total. The van der Waals surface area contributed by atoms with Gasteiger partial charge in [0, 0.05) is 6.42 Å². The van der Waals surface area contributed by atoms with Gasteiger partial charge in [0.15, 0.2) is 6.29 Å². The maximum absolute atomic E-state index is 12.4. The van der Waals surface area contributed by atoms with E-state index in [4.69, 9.17) is 9.47 Å². The summed E-state index contributed by atoms with van der Waals surface area (Å²) in [5, 5.41) is 53.1. The van der Waals surface area contributed by atoms with Crippen molar-refractivity contribution in [2.45, 2.75) is 147 Å². The summed E-state index contributed by atoms with van der Waals surface area (Å²) >= 11 is 0. The summed E-state index contributed by atoms with van der Waals surface area (Å²) < 4.78 is 11.0. The van der Waals surface area contributed by atoms with Crippen LogP contribution in [0, 0.1) is 0 Å². The number of carbonyl (C=O) groups excluding carboxylic acids is 1. The average Bonchev–Trinajstić information content (AvgIpc) is 2.93. The number of rotatable bonds is 22. The Morgan fingerprint density at radius 3 is 2.15 bits per heavy atom. The Morgan fingerprint density at radius 1 is 0.846 bits per heavy atom. The molecule has 1 saturated heterocycles. The Balaban J connectivity index is 2.53. The maximum atomic E-state index is 12.4. The number of aliphatic hydroxyl groups excluding tert-OH is 5. The lowest BCUT2D eigenvalue weighted by Crippen LogP contribution is -2.60. The summed E-state index contributed by atoms with van der Waals surface area (Å²) in [5.41, 5.74) is 0. The van der Waals surface area contributed by atoms with E-state index in [-0.39, 0.29) is 12.5 Å². The molecule has 7 atom stereocenters. The fourth-order valence-corrected chi connectivity index (χ4v) is 4.46. The fraction of sp³-hybridized carbons (Fsp3) is 0.833. The number of nitrogens with one attached hydrogen (secondary N) is 1. The lowest BCUT2D eigenvalue weighted by Gasteiger charge is -2.40. The summed E-state index contributed by atoms with van der Waals surface area (Å²) in [6.45, 7) is 3.51. The summed E-state index contributed by atoms with van der Waals surface area (Å²) in [4.78, 5) is 12.4. The molecule has 6 N–H and O–H groups in total. The van der Waals surface area contributed by atoms with Crippen molar-refractivity contribution in [3.8, 4) is 0 Å². The van der Waals surface area contributed by atoms with Gasteiger partial charge in [-0.15, -0.1) is 0 Å².